The molecule has 16 nitrogen and oxygen atoms in total. The van der Waals surface area contributed by atoms with Crippen molar-refractivity contribution in [1.82, 2.24) is 38.7 Å². The Bertz CT molecular complexity index is 3420. The molecule has 8 heterocycles. The van der Waals surface area contributed by atoms with Crippen molar-refractivity contribution in [3.05, 3.63) is 155 Å². The van der Waals surface area contributed by atoms with E-state index in [1.807, 2.05) is 18.7 Å². The van der Waals surface area contributed by atoms with Crippen LogP contribution < -0.4 is 18.7 Å². The van der Waals surface area contributed by atoms with E-state index in [0.29, 0.717) is 109 Å². The Morgan fingerprint density at radius 1 is 0.301 bits per heavy atom. The van der Waals surface area contributed by atoms with E-state index in [4.69, 9.17) is 178 Å². The van der Waals surface area contributed by atoms with Crippen molar-refractivity contribution < 1.29 is 37.7 Å². The van der Waals surface area contributed by atoms with Gasteiger partial charge in [0.05, 0.1) is 150 Å². The first-order valence-electron chi connectivity index (χ1n) is 32.0. The lowest BCUT2D eigenvalue weighted by molar-refractivity contribution is -0.773. The second-order valence-corrected chi connectivity index (χ2v) is 29.3. The van der Waals surface area contributed by atoms with Crippen LogP contribution in [-0.4, -0.2) is 91.5 Å². The minimum atomic E-state index is -0.928. The van der Waals surface area contributed by atoms with Crippen LogP contribution in [0.3, 0.4) is 0 Å². The number of rotatable bonds is 24. The monoisotopic (exact) mass is 1500 g/mol. The first kappa shape index (κ1) is 69.7. The van der Waals surface area contributed by atoms with Gasteiger partial charge >= 0.3 is 23.3 Å². The predicted molar refractivity (Wildman–Crippen MR) is 366 cm³/mol. The molecule has 0 aliphatic carbocycles. The fourth-order valence-corrected chi connectivity index (χ4v) is 17.1. The van der Waals surface area contributed by atoms with Gasteiger partial charge in [0, 0.05) is 20.1 Å². The number of aromatic nitrogens is 12. The van der Waals surface area contributed by atoms with Gasteiger partial charge in [-0.05, 0) is 146 Å². The molecule has 4 aromatic heterocycles. The SMILES string of the molecule is Clc1cc(Cl)c(-n2c(CCOCC(COCCc3nc4[n+](n3-c3c(Cl)cc(Cl)cc3Cl)CCCCC4)(COCCc3nc4[n+](n3-c3c(Cl)cc(Cl)cc3Cl)CCCCC4)COCCc3nc4[n+](n3-c3c(Cl)cc(Cl)cc3Cl)CCCCC4)nc3[n+]2CCCCC3)c(Cl)c1. The van der Waals surface area contributed by atoms with Crippen molar-refractivity contribution >= 4 is 139 Å². The molecular weight excluding hydrogens is 1440 g/mol. The zero-order valence-electron chi connectivity index (χ0n) is 51.3. The van der Waals surface area contributed by atoms with Crippen LogP contribution in [0.25, 0.3) is 22.7 Å². The van der Waals surface area contributed by atoms with E-state index in [2.05, 4.69) is 18.7 Å². The highest BCUT2D eigenvalue weighted by Crippen LogP contribution is 2.38. The number of benzene rings is 4. The van der Waals surface area contributed by atoms with Crippen LogP contribution in [-0.2, 0) is 96.5 Å². The average molecular weight is 1510 g/mol. The normalized spacial score (nSPS) is 15.4. The van der Waals surface area contributed by atoms with Crippen LogP contribution in [0.4, 0.5) is 0 Å². The lowest BCUT2D eigenvalue weighted by atomic mass is 9.92. The molecule has 0 bridgehead atoms. The molecule has 496 valence electrons. The summed E-state index contributed by atoms with van der Waals surface area (Å²) < 4.78 is 44.7. The summed E-state index contributed by atoms with van der Waals surface area (Å²) >= 11 is 82.0. The minimum Gasteiger partial charge on any atom is -0.380 e. The Labute approximate surface area is 601 Å². The number of hydrogen-bond acceptors (Lipinski definition) is 8. The molecule has 0 amide bonds. The third-order valence-electron chi connectivity index (χ3n) is 17.5. The minimum absolute atomic E-state index is 0.154. The van der Waals surface area contributed by atoms with Crippen molar-refractivity contribution in [3.63, 3.8) is 0 Å². The van der Waals surface area contributed by atoms with Gasteiger partial charge in [0.25, 0.3) is 23.3 Å². The number of nitrogens with zero attached hydrogens (tertiary/aromatic N) is 12. The molecule has 93 heavy (non-hydrogen) atoms. The lowest BCUT2D eigenvalue weighted by Crippen LogP contribution is -2.46. The van der Waals surface area contributed by atoms with Gasteiger partial charge in [-0.1, -0.05) is 139 Å². The first-order valence-corrected chi connectivity index (χ1v) is 36.5. The molecule has 0 saturated carbocycles. The van der Waals surface area contributed by atoms with E-state index in [9.17, 15) is 0 Å². The summed E-state index contributed by atoms with van der Waals surface area (Å²) in [7, 11) is 0. The van der Waals surface area contributed by atoms with Crippen molar-refractivity contribution in [2.75, 3.05) is 52.9 Å². The summed E-state index contributed by atoms with van der Waals surface area (Å²) in [5.41, 5.74) is 1.54. The number of hydrogen-bond donors (Lipinski definition) is 0. The second kappa shape index (κ2) is 31.7. The molecule has 4 aromatic carbocycles. The molecule has 4 aliphatic rings. The maximum Gasteiger partial charge on any atom is 0.319 e. The Morgan fingerprint density at radius 2 is 0.505 bits per heavy atom. The van der Waals surface area contributed by atoms with Crippen LogP contribution in [0.5, 0.6) is 0 Å². The standard InChI is InChI=1S/C65H72Cl12N12O4/c66-41-29-45(70)61(46(71)30-41)86-57(78-53-13-5-1-9-21-82(53)86)17-25-90-37-65(38-91-26-18-58-79-54-14-6-2-10-22-83(54)87(58)62-47(72)31-42(67)32-48(62)73,39-92-27-19-59-80-55-15-7-3-11-23-84(55)88(59)63-49(74)33-43(68)34-50(63)75)40-93-28-20-60-81-56-16-8-4-12-24-85(56)89(60)64-51(76)35-44(69)36-52(64)77/h29-36H,1-28,37-40H2/q+4. The molecule has 8 aromatic rings. The summed E-state index contributed by atoms with van der Waals surface area (Å²) in [5.74, 6) is 6.82. The van der Waals surface area contributed by atoms with Crippen molar-refractivity contribution in [1.29, 1.82) is 0 Å². The van der Waals surface area contributed by atoms with Gasteiger partial charge in [-0.15, -0.1) is 37.5 Å². The zero-order valence-corrected chi connectivity index (χ0v) is 60.4. The van der Waals surface area contributed by atoms with Crippen LogP contribution in [0.2, 0.25) is 60.3 Å². The molecule has 12 rings (SSSR count). The Hall–Kier alpha value is -3.24. The van der Waals surface area contributed by atoms with E-state index in [-0.39, 0.29) is 52.9 Å². The van der Waals surface area contributed by atoms with Crippen molar-refractivity contribution in [2.45, 2.75) is 155 Å². The number of ether oxygens (including phenoxy) is 4. The summed E-state index contributed by atoms with van der Waals surface area (Å²) in [5, 5.41) is 5.09. The summed E-state index contributed by atoms with van der Waals surface area (Å²) in [6, 6.07) is 13.7. The number of fused-ring (bicyclic) bond motifs is 4. The van der Waals surface area contributed by atoms with E-state index < -0.39 is 5.41 Å². The molecule has 0 spiro atoms. The van der Waals surface area contributed by atoms with Gasteiger partial charge in [0.2, 0.25) is 0 Å². The average Bonchev–Trinajstić information content (AvgIpc) is 1.72. The largest absolute Gasteiger partial charge is 0.380 e. The molecule has 0 fully saturated rings. The van der Waals surface area contributed by atoms with Gasteiger partial charge in [-0.3, -0.25) is 0 Å². The topological polar surface area (TPSA) is 124 Å². The zero-order chi connectivity index (χ0) is 64.9. The summed E-state index contributed by atoms with van der Waals surface area (Å²) in [4.78, 5) is 20.9. The number of halogens is 12. The second-order valence-electron chi connectivity index (χ2n) is 24.3. The van der Waals surface area contributed by atoms with E-state index in [1.165, 1.54) is 0 Å². The van der Waals surface area contributed by atoms with Crippen LogP contribution >= 0.6 is 139 Å². The van der Waals surface area contributed by atoms with Gasteiger partial charge in [-0.25, -0.2) is 0 Å². The first-order chi connectivity index (χ1) is 45.0. The molecule has 0 atom stereocenters. The van der Waals surface area contributed by atoms with Gasteiger partial charge in [-0.2, -0.15) is 0 Å². The van der Waals surface area contributed by atoms with Crippen LogP contribution in [0.15, 0.2) is 48.5 Å². The van der Waals surface area contributed by atoms with Crippen molar-refractivity contribution in [3.8, 4) is 22.7 Å². The van der Waals surface area contributed by atoms with Gasteiger partial charge in [0.15, 0.2) is 0 Å². The van der Waals surface area contributed by atoms with Crippen LogP contribution in [0, 0.1) is 5.41 Å². The number of aryl methyl sites for hydroxylation is 4. The van der Waals surface area contributed by atoms with Crippen molar-refractivity contribution in [2.24, 2.45) is 5.41 Å². The fraction of sp³-hybridized carbons (Fsp3) is 0.508. The Balaban J connectivity index is 0.874. The van der Waals surface area contributed by atoms with E-state index >= 15 is 0 Å². The van der Waals surface area contributed by atoms with Crippen LogP contribution in [0.1, 0.15) is 124 Å². The highest BCUT2D eigenvalue weighted by Gasteiger charge is 2.38. The maximum atomic E-state index is 7.01. The molecule has 28 heteroatoms. The lowest BCUT2D eigenvalue weighted by Gasteiger charge is -2.33. The molecule has 0 radical (unpaired) electrons. The fourth-order valence-electron chi connectivity index (χ4n) is 13.2. The Morgan fingerprint density at radius 3 is 0.710 bits per heavy atom. The highest BCUT2D eigenvalue weighted by molar-refractivity contribution is 6.43. The highest BCUT2D eigenvalue weighted by atomic mass is 35.5. The van der Waals surface area contributed by atoms with Gasteiger partial charge < -0.3 is 18.9 Å². The smallest absolute Gasteiger partial charge is 0.319 e. The molecule has 0 unspecified atom stereocenters. The Kier molecular flexibility index (Phi) is 23.8. The molecule has 0 saturated heterocycles. The third-order valence-corrected chi connectivity index (χ3v) is 20.7. The third kappa shape index (κ3) is 15.9. The summed E-state index contributed by atoms with van der Waals surface area (Å²) in [6.07, 6.45) is 17.2. The molecular formula is C65H72Cl12N12O4+4. The van der Waals surface area contributed by atoms with E-state index in [0.717, 1.165) is 176 Å². The van der Waals surface area contributed by atoms with Gasteiger partial charge in [0.1, 0.15) is 48.9 Å². The quantitative estimate of drug-likeness (QED) is 0.0433. The maximum absolute atomic E-state index is 7.01. The molecule has 4 aliphatic heterocycles. The molecule has 0 N–H and O–H groups in total. The van der Waals surface area contributed by atoms with E-state index in [1.54, 1.807) is 48.5 Å². The summed E-state index contributed by atoms with van der Waals surface area (Å²) in [6.45, 7) is 4.64. The predicted octanol–water partition coefficient (Wildman–Crippen LogP) is 15.6.